The van der Waals surface area contributed by atoms with Gasteiger partial charge in [-0.25, -0.2) is 9.18 Å². The molecule has 0 saturated carbocycles. The zero-order valence-electron chi connectivity index (χ0n) is 16.8. The van der Waals surface area contributed by atoms with E-state index in [0.29, 0.717) is 24.5 Å². The topological polar surface area (TPSA) is 58.8 Å². The Labute approximate surface area is 161 Å². The van der Waals surface area contributed by atoms with Gasteiger partial charge in [-0.3, -0.25) is 0 Å². The average Bonchev–Trinajstić information content (AvgIpc) is 2.61. The molecule has 1 aromatic carbocycles. The van der Waals surface area contributed by atoms with Gasteiger partial charge in [-0.15, -0.1) is 0 Å². The summed E-state index contributed by atoms with van der Waals surface area (Å²) in [6.45, 7) is 8.58. The lowest BCUT2D eigenvalue weighted by Gasteiger charge is -2.34. The van der Waals surface area contributed by atoms with E-state index in [1.54, 1.807) is 11.0 Å². The molecule has 0 spiro atoms. The van der Waals surface area contributed by atoms with Crippen molar-refractivity contribution in [2.24, 2.45) is 0 Å². The van der Waals surface area contributed by atoms with Crippen molar-refractivity contribution in [3.63, 3.8) is 0 Å². The highest BCUT2D eigenvalue weighted by molar-refractivity contribution is 5.70. The Hall–Kier alpha value is -1.98. The first-order chi connectivity index (χ1) is 12.7. The van der Waals surface area contributed by atoms with Gasteiger partial charge in [-0.1, -0.05) is 0 Å². The molecule has 27 heavy (non-hydrogen) atoms. The van der Waals surface area contributed by atoms with Crippen molar-refractivity contribution in [3.8, 4) is 0 Å². The van der Waals surface area contributed by atoms with E-state index in [4.69, 9.17) is 10.5 Å². The molecule has 0 atom stereocenters. The van der Waals surface area contributed by atoms with Crippen molar-refractivity contribution in [1.82, 2.24) is 4.90 Å². The number of nitrogens with zero attached hydrogens (tertiary/aromatic N) is 2. The van der Waals surface area contributed by atoms with Gasteiger partial charge in [0.2, 0.25) is 0 Å². The van der Waals surface area contributed by atoms with E-state index in [-0.39, 0.29) is 17.8 Å². The van der Waals surface area contributed by atoms with Crippen LogP contribution in [0.15, 0.2) is 12.1 Å². The summed E-state index contributed by atoms with van der Waals surface area (Å²) in [5.74, 6) is -0.00244. The smallest absolute Gasteiger partial charge is 0.410 e. The Morgan fingerprint density at radius 2 is 1.74 bits per heavy atom. The van der Waals surface area contributed by atoms with Crippen LogP contribution in [0.3, 0.4) is 0 Å². The van der Waals surface area contributed by atoms with Crippen LogP contribution in [0.4, 0.5) is 20.6 Å². The minimum atomic E-state index is -0.490. The van der Waals surface area contributed by atoms with Crippen LogP contribution in [-0.4, -0.2) is 42.8 Å². The Kier molecular flexibility index (Phi) is 5.82. The van der Waals surface area contributed by atoms with Crippen molar-refractivity contribution < 1.29 is 13.9 Å². The Balaban J connectivity index is 1.65. The molecule has 0 aromatic heterocycles. The minimum absolute atomic E-state index is 0.218. The van der Waals surface area contributed by atoms with Crippen molar-refractivity contribution in [2.75, 3.05) is 36.8 Å². The number of carbonyl (C=O) groups excluding carboxylic acids is 1. The number of halogens is 1. The Morgan fingerprint density at radius 1 is 1.11 bits per heavy atom. The van der Waals surface area contributed by atoms with Gasteiger partial charge in [0.1, 0.15) is 11.4 Å². The van der Waals surface area contributed by atoms with E-state index < -0.39 is 5.60 Å². The average molecular weight is 378 g/mol. The lowest BCUT2D eigenvalue weighted by atomic mass is 9.88. The summed E-state index contributed by atoms with van der Waals surface area (Å²) in [6.07, 6.45) is 4.69. The summed E-state index contributed by atoms with van der Waals surface area (Å²) < 4.78 is 20.3. The number of nitrogen functional groups attached to an aromatic ring is 1. The molecule has 2 N–H and O–H groups in total. The van der Waals surface area contributed by atoms with Gasteiger partial charge in [-0.05, 0) is 76.5 Å². The number of likely N-dealkylation sites (tertiary alicyclic amines) is 1. The molecule has 150 valence electrons. The van der Waals surface area contributed by atoms with Gasteiger partial charge >= 0.3 is 6.09 Å². The van der Waals surface area contributed by atoms with Crippen molar-refractivity contribution in [3.05, 3.63) is 23.5 Å². The van der Waals surface area contributed by atoms with E-state index in [1.807, 2.05) is 26.8 Å². The lowest BCUT2D eigenvalue weighted by molar-refractivity contribution is 0.0205. The summed E-state index contributed by atoms with van der Waals surface area (Å²) in [6, 6.07) is 3.58. The summed E-state index contributed by atoms with van der Waals surface area (Å²) in [7, 11) is 0. The van der Waals surface area contributed by atoms with Crippen LogP contribution in [0.2, 0.25) is 0 Å². The molecule has 0 unspecified atom stereocenters. The molecular formula is C21H32FN3O2. The van der Waals surface area contributed by atoms with Gasteiger partial charge in [0.05, 0.1) is 11.4 Å². The number of nitrogens with two attached hydrogens (primary N) is 1. The molecule has 5 nitrogen and oxygen atoms in total. The number of carbonyl (C=O) groups is 1. The number of piperidine rings is 2. The molecule has 2 heterocycles. The first-order valence-electron chi connectivity index (χ1n) is 10.1. The predicted molar refractivity (Wildman–Crippen MR) is 107 cm³/mol. The third-order valence-electron chi connectivity index (χ3n) is 5.41. The van der Waals surface area contributed by atoms with Gasteiger partial charge in [0.25, 0.3) is 0 Å². The van der Waals surface area contributed by atoms with Crippen molar-refractivity contribution >= 4 is 17.5 Å². The number of rotatable bonds is 2. The maximum atomic E-state index is 14.8. The standard InChI is InChI=1S/C21H32FN3O2/c1-21(2,3)27-20(26)25-11-7-15(8-12-25)16-13-17(22)19(18(23)14-16)24-9-5-4-6-10-24/h13-15H,4-12,23H2,1-3H3. The zero-order valence-corrected chi connectivity index (χ0v) is 16.8. The second-order valence-corrected chi connectivity index (χ2v) is 8.73. The quantitative estimate of drug-likeness (QED) is 0.770. The second kappa shape index (κ2) is 7.95. The van der Waals surface area contributed by atoms with Gasteiger partial charge < -0.3 is 20.3 Å². The van der Waals surface area contributed by atoms with Crippen molar-refractivity contribution in [1.29, 1.82) is 0 Å². The summed E-state index contributed by atoms with van der Waals surface area (Å²) in [5.41, 5.74) is 7.78. The molecule has 6 heteroatoms. The number of hydrogen-bond donors (Lipinski definition) is 1. The van der Waals surface area contributed by atoms with Crippen molar-refractivity contribution in [2.45, 2.75) is 64.4 Å². The van der Waals surface area contributed by atoms with E-state index in [0.717, 1.165) is 44.3 Å². The summed E-state index contributed by atoms with van der Waals surface area (Å²) >= 11 is 0. The summed E-state index contributed by atoms with van der Waals surface area (Å²) in [4.78, 5) is 16.0. The number of benzene rings is 1. The predicted octanol–water partition coefficient (Wildman–Crippen LogP) is 4.51. The van der Waals surface area contributed by atoms with Crippen LogP contribution in [0.5, 0.6) is 0 Å². The van der Waals surface area contributed by atoms with Crippen LogP contribution in [0.25, 0.3) is 0 Å². The molecule has 0 bridgehead atoms. The monoisotopic (exact) mass is 377 g/mol. The maximum absolute atomic E-state index is 14.8. The van der Waals surface area contributed by atoms with Gasteiger partial charge in [0, 0.05) is 26.2 Å². The normalized spacial score (nSPS) is 19.3. The van der Waals surface area contributed by atoms with Crippen LogP contribution < -0.4 is 10.6 Å². The molecule has 2 fully saturated rings. The fraction of sp³-hybridized carbons (Fsp3) is 0.667. The molecule has 2 aliphatic heterocycles. The fourth-order valence-electron chi connectivity index (χ4n) is 4.05. The number of anilines is 2. The number of amides is 1. The molecule has 3 rings (SSSR count). The fourth-order valence-corrected chi connectivity index (χ4v) is 4.05. The molecular weight excluding hydrogens is 345 g/mol. The molecule has 0 radical (unpaired) electrons. The Bertz CT molecular complexity index is 649. The summed E-state index contributed by atoms with van der Waals surface area (Å²) in [5, 5.41) is 0. The van der Waals surface area contributed by atoms with Gasteiger partial charge in [-0.2, -0.15) is 0 Å². The van der Waals surface area contributed by atoms with Crippen LogP contribution in [-0.2, 0) is 4.74 Å². The first kappa shape index (κ1) is 19.8. The van der Waals surface area contributed by atoms with E-state index in [9.17, 15) is 9.18 Å². The number of ether oxygens (including phenoxy) is 1. The SMILES string of the molecule is CC(C)(C)OC(=O)N1CCC(c2cc(N)c(N3CCCCC3)c(F)c2)CC1. The van der Waals surface area contributed by atoms with E-state index in [1.165, 1.54) is 6.42 Å². The van der Waals surface area contributed by atoms with Crippen LogP contribution in [0.1, 0.15) is 64.4 Å². The highest BCUT2D eigenvalue weighted by Gasteiger charge is 2.28. The first-order valence-corrected chi connectivity index (χ1v) is 10.1. The highest BCUT2D eigenvalue weighted by Crippen LogP contribution is 2.36. The molecule has 1 amide bonds. The largest absolute Gasteiger partial charge is 0.444 e. The van der Waals surface area contributed by atoms with Crippen LogP contribution in [0, 0.1) is 5.82 Å². The maximum Gasteiger partial charge on any atom is 0.410 e. The highest BCUT2D eigenvalue weighted by atomic mass is 19.1. The third kappa shape index (κ3) is 4.85. The van der Waals surface area contributed by atoms with Gasteiger partial charge in [0.15, 0.2) is 0 Å². The molecule has 0 aliphatic carbocycles. The van der Waals surface area contributed by atoms with Crippen LogP contribution >= 0.6 is 0 Å². The molecule has 2 aliphatic rings. The van der Waals surface area contributed by atoms with E-state index in [2.05, 4.69) is 4.90 Å². The Morgan fingerprint density at radius 3 is 2.30 bits per heavy atom. The third-order valence-corrected chi connectivity index (χ3v) is 5.41. The molecule has 2 saturated heterocycles. The van der Waals surface area contributed by atoms with E-state index >= 15 is 0 Å². The minimum Gasteiger partial charge on any atom is -0.444 e. The number of hydrogen-bond acceptors (Lipinski definition) is 4. The zero-order chi connectivity index (χ0) is 19.6. The molecule has 1 aromatic rings. The second-order valence-electron chi connectivity index (χ2n) is 8.73. The lowest BCUT2D eigenvalue weighted by Crippen LogP contribution is -2.41.